The minimum absolute atomic E-state index is 0.0824. The number of hydrogen-bond donors (Lipinski definition) is 1. The van der Waals surface area contributed by atoms with Crippen LogP contribution in [0.1, 0.15) is 35.5 Å². The minimum Gasteiger partial charge on any atom is -0.378 e. The maximum Gasteiger partial charge on any atom is 0.292 e. The normalized spacial score (nSPS) is 16.8. The minimum atomic E-state index is -0.0824. The molecule has 0 radical (unpaired) electrons. The van der Waals surface area contributed by atoms with E-state index >= 15 is 0 Å². The Kier molecular flexibility index (Phi) is 4.93. The van der Waals surface area contributed by atoms with Gasteiger partial charge in [0.1, 0.15) is 0 Å². The van der Waals surface area contributed by atoms with Crippen molar-refractivity contribution in [2.45, 2.75) is 32.3 Å². The summed E-state index contributed by atoms with van der Waals surface area (Å²) in [5.41, 5.74) is 6.15. The quantitative estimate of drug-likeness (QED) is 0.803. The Morgan fingerprint density at radius 3 is 2.89 bits per heavy atom. The summed E-state index contributed by atoms with van der Waals surface area (Å²) in [4.78, 5) is 13.9. The fourth-order valence-corrected chi connectivity index (χ4v) is 2.18. The maximum absolute atomic E-state index is 12.1. The second-order valence-electron chi connectivity index (χ2n) is 4.84. The number of nitrogens with zero attached hydrogens (tertiary/aromatic N) is 2. The number of carbonyl (C=O) groups excluding carboxylic acids is 1. The summed E-state index contributed by atoms with van der Waals surface area (Å²) in [6.45, 7) is 4.56. The molecule has 2 N–H and O–H groups in total. The third kappa shape index (κ3) is 3.78. The molecular formula is C13H21N3O3. The van der Waals surface area contributed by atoms with E-state index in [4.69, 9.17) is 15.0 Å². The Bertz CT molecular complexity index is 411. The summed E-state index contributed by atoms with van der Waals surface area (Å²) in [6, 6.07) is 1.67. The van der Waals surface area contributed by atoms with Crippen LogP contribution >= 0.6 is 0 Å². The van der Waals surface area contributed by atoms with Crippen LogP contribution in [-0.2, 0) is 4.74 Å². The number of hydrogen-bond acceptors (Lipinski definition) is 5. The van der Waals surface area contributed by atoms with E-state index in [0.717, 1.165) is 25.0 Å². The van der Waals surface area contributed by atoms with Crippen LogP contribution < -0.4 is 5.73 Å². The number of piperidine rings is 1. The van der Waals surface area contributed by atoms with Gasteiger partial charge in [-0.1, -0.05) is 5.16 Å². The summed E-state index contributed by atoms with van der Waals surface area (Å²) in [6.07, 6.45) is 2.86. The standard InChI is InChI=1S/C13H21N3O3/c1-10-9-12(19-15-10)13(17)16-6-3-11(4-7-16)18-8-2-5-14/h9,11H,2-8,14H2,1H3. The number of carbonyl (C=O) groups is 1. The third-order valence-electron chi connectivity index (χ3n) is 3.27. The van der Waals surface area contributed by atoms with E-state index in [2.05, 4.69) is 5.16 Å². The molecule has 19 heavy (non-hydrogen) atoms. The fourth-order valence-electron chi connectivity index (χ4n) is 2.18. The Morgan fingerprint density at radius 2 is 2.32 bits per heavy atom. The van der Waals surface area contributed by atoms with E-state index in [1.54, 1.807) is 17.9 Å². The maximum atomic E-state index is 12.1. The topological polar surface area (TPSA) is 81.6 Å². The van der Waals surface area contributed by atoms with Gasteiger partial charge in [0.05, 0.1) is 11.8 Å². The average molecular weight is 267 g/mol. The highest BCUT2D eigenvalue weighted by Gasteiger charge is 2.26. The average Bonchev–Trinajstić information content (AvgIpc) is 2.86. The zero-order chi connectivity index (χ0) is 13.7. The number of nitrogens with two attached hydrogens (primary N) is 1. The molecule has 1 aliphatic heterocycles. The van der Waals surface area contributed by atoms with Crippen LogP contribution in [0.5, 0.6) is 0 Å². The van der Waals surface area contributed by atoms with Crippen LogP contribution in [0.25, 0.3) is 0 Å². The van der Waals surface area contributed by atoms with Gasteiger partial charge in [-0.15, -0.1) is 0 Å². The van der Waals surface area contributed by atoms with Crippen molar-refractivity contribution in [2.24, 2.45) is 5.73 Å². The molecule has 0 aliphatic carbocycles. The molecular weight excluding hydrogens is 246 g/mol. The van der Waals surface area contributed by atoms with Gasteiger partial charge in [-0.05, 0) is 32.7 Å². The van der Waals surface area contributed by atoms with Gasteiger partial charge in [-0.2, -0.15) is 0 Å². The first-order chi connectivity index (χ1) is 9.20. The van der Waals surface area contributed by atoms with E-state index in [9.17, 15) is 4.79 Å². The van der Waals surface area contributed by atoms with Crippen molar-refractivity contribution in [3.05, 3.63) is 17.5 Å². The molecule has 1 aliphatic rings. The molecule has 0 unspecified atom stereocenters. The Hall–Kier alpha value is -1.40. The lowest BCUT2D eigenvalue weighted by Crippen LogP contribution is -2.40. The highest BCUT2D eigenvalue weighted by Crippen LogP contribution is 2.16. The van der Waals surface area contributed by atoms with E-state index < -0.39 is 0 Å². The monoisotopic (exact) mass is 267 g/mol. The number of likely N-dealkylation sites (tertiary alicyclic amines) is 1. The molecule has 106 valence electrons. The summed E-state index contributed by atoms with van der Waals surface area (Å²) in [7, 11) is 0. The molecule has 1 saturated heterocycles. The number of aryl methyl sites for hydroxylation is 1. The van der Waals surface area contributed by atoms with Crippen molar-refractivity contribution in [3.63, 3.8) is 0 Å². The lowest BCUT2D eigenvalue weighted by molar-refractivity contribution is 0.00743. The van der Waals surface area contributed by atoms with Gasteiger partial charge in [-0.3, -0.25) is 4.79 Å². The van der Waals surface area contributed by atoms with E-state index in [-0.39, 0.29) is 12.0 Å². The van der Waals surface area contributed by atoms with Crippen molar-refractivity contribution in [2.75, 3.05) is 26.2 Å². The van der Waals surface area contributed by atoms with Gasteiger partial charge in [0.25, 0.3) is 5.91 Å². The van der Waals surface area contributed by atoms with E-state index in [1.807, 2.05) is 0 Å². The van der Waals surface area contributed by atoms with Gasteiger partial charge >= 0.3 is 0 Å². The highest BCUT2D eigenvalue weighted by atomic mass is 16.5. The predicted octanol–water partition coefficient (Wildman–Crippen LogP) is 0.953. The molecule has 1 amide bonds. The molecule has 1 aromatic heterocycles. The van der Waals surface area contributed by atoms with Crippen molar-refractivity contribution in [1.29, 1.82) is 0 Å². The SMILES string of the molecule is Cc1cc(C(=O)N2CCC(OCCCN)CC2)on1. The van der Waals surface area contributed by atoms with E-state index in [0.29, 0.717) is 32.0 Å². The van der Waals surface area contributed by atoms with Crippen molar-refractivity contribution >= 4 is 5.91 Å². The lowest BCUT2D eigenvalue weighted by Gasteiger charge is -2.31. The number of ether oxygens (including phenoxy) is 1. The first kappa shape index (κ1) is 14.0. The second-order valence-corrected chi connectivity index (χ2v) is 4.84. The smallest absolute Gasteiger partial charge is 0.292 e. The molecule has 2 heterocycles. The van der Waals surface area contributed by atoms with Gasteiger partial charge < -0.3 is 19.9 Å². The molecule has 1 fully saturated rings. The van der Waals surface area contributed by atoms with Crippen LogP contribution in [0.3, 0.4) is 0 Å². The van der Waals surface area contributed by atoms with Crippen LogP contribution in [-0.4, -0.2) is 48.3 Å². The highest BCUT2D eigenvalue weighted by molar-refractivity contribution is 5.91. The first-order valence-electron chi connectivity index (χ1n) is 6.75. The molecule has 6 heteroatoms. The second kappa shape index (κ2) is 6.68. The van der Waals surface area contributed by atoms with Crippen molar-refractivity contribution < 1.29 is 14.1 Å². The summed E-state index contributed by atoms with van der Waals surface area (Å²) in [5, 5.41) is 3.74. The number of aromatic nitrogens is 1. The van der Waals surface area contributed by atoms with Gasteiger partial charge in [-0.25, -0.2) is 0 Å². The first-order valence-corrected chi connectivity index (χ1v) is 6.75. The summed E-state index contributed by atoms with van der Waals surface area (Å²) in [5.74, 6) is 0.237. The Morgan fingerprint density at radius 1 is 1.58 bits per heavy atom. The molecule has 0 saturated carbocycles. The molecule has 0 atom stereocenters. The third-order valence-corrected chi connectivity index (χ3v) is 3.27. The number of amides is 1. The van der Waals surface area contributed by atoms with Gasteiger partial charge in [0.15, 0.2) is 0 Å². The Balaban J connectivity index is 1.78. The molecule has 2 rings (SSSR count). The fraction of sp³-hybridized carbons (Fsp3) is 0.692. The number of rotatable bonds is 5. The van der Waals surface area contributed by atoms with Gasteiger partial charge in [0, 0.05) is 25.8 Å². The largest absolute Gasteiger partial charge is 0.378 e. The molecule has 6 nitrogen and oxygen atoms in total. The van der Waals surface area contributed by atoms with E-state index in [1.165, 1.54) is 0 Å². The zero-order valence-electron chi connectivity index (χ0n) is 11.3. The summed E-state index contributed by atoms with van der Waals surface area (Å²) >= 11 is 0. The Labute approximate surface area is 112 Å². The zero-order valence-corrected chi connectivity index (χ0v) is 11.3. The van der Waals surface area contributed by atoms with Crippen LogP contribution in [0.2, 0.25) is 0 Å². The van der Waals surface area contributed by atoms with Crippen molar-refractivity contribution in [1.82, 2.24) is 10.1 Å². The molecule has 0 spiro atoms. The van der Waals surface area contributed by atoms with Crippen molar-refractivity contribution in [3.8, 4) is 0 Å². The van der Waals surface area contributed by atoms with Crippen LogP contribution in [0, 0.1) is 6.92 Å². The molecule has 0 aromatic carbocycles. The predicted molar refractivity (Wildman–Crippen MR) is 69.8 cm³/mol. The van der Waals surface area contributed by atoms with Crippen LogP contribution in [0.15, 0.2) is 10.6 Å². The van der Waals surface area contributed by atoms with Gasteiger partial charge in [0.2, 0.25) is 5.76 Å². The molecule has 1 aromatic rings. The molecule has 0 bridgehead atoms. The lowest BCUT2D eigenvalue weighted by atomic mass is 10.1. The summed E-state index contributed by atoms with van der Waals surface area (Å²) < 4.78 is 10.7. The van der Waals surface area contributed by atoms with Crippen LogP contribution in [0.4, 0.5) is 0 Å².